The van der Waals surface area contributed by atoms with Crippen molar-refractivity contribution in [2.45, 2.75) is 19.1 Å². The van der Waals surface area contributed by atoms with E-state index in [0.29, 0.717) is 37.4 Å². The van der Waals surface area contributed by atoms with Gasteiger partial charge in [-0.15, -0.1) is 23.2 Å². The van der Waals surface area contributed by atoms with Gasteiger partial charge in [0.2, 0.25) is 7.44 Å². The number of hydrogen-bond acceptors (Lipinski definition) is 2. The predicted molar refractivity (Wildman–Crippen MR) is 63.9 cm³/mol. The number of aliphatic hydroxyl groups excluding tert-OH is 1. The van der Waals surface area contributed by atoms with Crippen molar-refractivity contribution >= 4 is 30.6 Å². The van der Waals surface area contributed by atoms with E-state index in [1.54, 1.807) is 4.67 Å². The van der Waals surface area contributed by atoms with E-state index in [-0.39, 0.29) is 0 Å². The SMILES string of the molecule is O=P1(N(CCCl)CCCl)CCCC(O)N1. The molecule has 4 nitrogen and oxygen atoms in total. The monoisotopic (exact) mass is 274 g/mol. The highest BCUT2D eigenvalue weighted by Crippen LogP contribution is 2.48. The maximum absolute atomic E-state index is 12.5. The molecule has 2 atom stereocenters. The fourth-order valence-electron chi connectivity index (χ4n) is 1.71. The number of hydrogen-bond donors (Lipinski definition) is 2. The quantitative estimate of drug-likeness (QED) is 0.592. The van der Waals surface area contributed by atoms with Crippen LogP contribution < -0.4 is 5.09 Å². The highest BCUT2D eigenvalue weighted by atomic mass is 35.5. The second-order valence-electron chi connectivity index (χ2n) is 3.54. The van der Waals surface area contributed by atoms with E-state index in [1.165, 1.54) is 0 Å². The second kappa shape index (κ2) is 6.43. The average Bonchev–Trinajstić information content (AvgIpc) is 2.17. The molecule has 0 spiro atoms. The van der Waals surface area contributed by atoms with Crippen molar-refractivity contribution < 1.29 is 9.67 Å². The van der Waals surface area contributed by atoms with Gasteiger partial charge in [0, 0.05) is 31.0 Å². The highest BCUT2D eigenvalue weighted by Gasteiger charge is 2.34. The minimum Gasteiger partial charge on any atom is -0.378 e. The summed E-state index contributed by atoms with van der Waals surface area (Å²) in [6.07, 6.45) is 1.34. The third-order valence-corrected chi connectivity index (χ3v) is 5.71. The number of halogens is 2. The smallest absolute Gasteiger partial charge is 0.216 e. The summed E-state index contributed by atoms with van der Waals surface area (Å²) in [7, 11) is -2.65. The molecule has 1 heterocycles. The summed E-state index contributed by atoms with van der Waals surface area (Å²) in [5.74, 6) is 0.831. The Bertz CT molecular complexity index is 237. The molecule has 1 rings (SSSR count). The molecule has 0 saturated carbocycles. The molecule has 90 valence electrons. The van der Waals surface area contributed by atoms with Crippen LogP contribution in [0.25, 0.3) is 0 Å². The van der Waals surface area contributed by atoms with Crippen molar-refractivity contribution in [3.8, 4) is 0 Å². The summed E-state index contributed by atoms with van der Waals surface area (Å²) in [5.41, 5.74) is 0. The Labute approximate surface area is 100 Å². The Kier molecular flexibility index (Phi) is 5.90. The first-order valence-corrected chi connectivity index (χ1v) is 7.96. The van der Waals surface area contributed by atoms with Crippen LogP contribution in [-0.2, 0) is 4.57 Å². The largest absolute Gasteiger partial charge is 0.378 e. The molecule has 0 aromatic rings. The topological polar surface area (TPSA) is 52.6 Å². The number of rotatable bonds is 5. The van der Waals surface area contributed by atoms with Gasteiger partial charge < -0.3 is 5.11 Å². The van der Waals surface area contributed by atoms with Crippen molar-refractivity contribution in [3.63, 3.8) is 0 Å². The maximum Gasteiger partial charge on any atom is 0.216 e. The second-order valence-corrected chi connectivity index (χ2v) is 6.97. The zero-order chi connectivity index (χ0) is 11.3. The minimum absolute atomic E-state index is 0.415. The van der Waals surface area contributed by atoms with Gasteiger partial charge in [-0.2, -0.15) is 0 Å². The molecule has 1 aliphatic rings. The number of nitrogens with one attached hydrogen (secondary N) is 1. The lowest BCUT2D eigenvalue weighted by Gasteiger charge is -2.36. The van der Waals surface area contributed by atoms with Crippen LogP contribution >= 0.6 is 30.6 Å². The first kappa shape index (κ1) is 13.8. The molecule has 7 heteroatoms. The summed E-state index contributed by atoms with van der Waals surface area (Å²) >= 11 is 11.3. The van der Waals surface area contributed by atoms with Crippen LogP contribution in [0.15, 0.2) is 0 Å². The zero-order valence-corrected chi connectivity index (χ0v) is 10.9. The van der Waals surface area contributed by atoms with Crippen molar-refractivity contribution in [2.24, 2.45) is 0 Å². The summed E-state index contributed by atoms with van der Waals surface area (Å²) in [6.45, 7) is 1.07. The van der Waals surface area contributed by atoms with Crippen LogP contribution in [0.1, 0.15) is 12.8 Å². The zero-order valence-electron chi connectivity index (χ0n) is 8.53. The Morgan fingerprint density at radius 3 is 2.47 bits per heavy atom. The fraction of sp³-hybridized carbons (Fsp3) is 1.00. The van der Waals surface area contributed by atoms with Gasteiger partial charge in [-0.3, -0.25) is 4.57 Å². The van der Waals surface area contributed by atoms with Crippen LogP contribution in [0, 0.1) is 0 Å². The van der Waals surface area contributed by atoms with Crippen molar-refractivity contribution in [3.05, 3.63) is 0 Å². The molecule has 2 unspecified atom stereocenters. The van der Waals surface area contributed by atoms with E-state index in [0.717, 1.165) is 6.42 Å². The average molecular weight is 275 g/mol. The molecular weight excluding hydrogens is 258 g/mol. The first-order chi connectivity index (χ1) is 7.12. The molecule has 0 amide bonds. The van der Waals surface area contributed by atoms with Gasteiger partial charge in [-0.25, -0.2) is 9.76 Å². The summed E-state index contributed by atoms with van der Waals surface area (Å²) < 4.78 is 14.2. The van der Waals surface area contributed by atoms with E-state index in [9.17, 15) is 9.67 Å². The van der Waals surface area contributed by atoms with Gasteiger partial charge in [-0.1, -0.05) is 0 Å². The molecular formula is C8H17Cl2N2O2P. The molecule has 1 aliphatic heterocycles. The Balaban J connectivity index is 2.66. The molecule has 0 radical (unpaired) electrons. The Morgan fingerprint density at radius 1 is 1.40 bits per heavy atom. The molecule has 1 fully saturated rings. The molecule has 15 heavy (non-hydrogen) atoms. The van der Waals surface area contributed by atoms with E-state index in [2.05, 4.69) is 5.09 Å². The first-order valence-electron chi connectivity index (χ1n) is 5.04. The highest BCUT2D eigenvalue weighted by molar-refractivity contribution is 7.59. The van der Waals surface area contributed by atoms with Crippen LogP contribution in [0.5, 0.6) is 0 Å². The van der Waals surface area contributed by atoms with Crippen molar-refractivity contribution in [1.29, 1.82) is 0 Å². The van der Waals surface area contributed by atoms with Gasteiger partial charge in [0.15, 0.2) is 0 Å². The van der Waals surface area contributed by atoms with Crippen molar-refractivity contribution in [2.75, 3.05) is 31.0 Å². The summed E-state index contributed by atoms with van der Waals surface area (Å²) in [6, 6.07) is 0. The van der Waals surface area contributed by atoms with Gasteiger partial charge in [0.1, 0.15) is 6.23 Å². The van der Waals surface area contributed by atoms with Gasteiger partial charge >= 0.3 is 0 Å². The molecule has 2 N–H and O–H groups in total. The predicted octanol–water partition coefficient (Wildman–Crippen LogP) is 1.66. The lowest BCUT2D eigenvalue weighted by molar-refractivity contribution is 0.141. The summed E-state index contributed by atoms with van der Waals surface area (Å²) in [5, 5.41) is 12.2. The lowest BCUT2D eigenvalue weighted by atomic mass is 10.3. The van der Waals surface area contributed by atoms with Gasteiger partial charge in [0.25, 0.3) is 0 Å². The van der Waals surface area contributed by atoms with E-state index in [4.69, 9.17) is 23.2 Å². The molecule has 1 saturated heterocycles. The van der Waals surface area contributed by atoms with Crippen LogP contribution in [0.3, 0.4) is 0 Å². The molecule has 0 bridgehead atoms. The van der Waals surface area contributed by atoms with Crippen LogP contribution in [0.2, 0.25) is 0 Å². The number of nitrogens with zero attached hydrogens (tertiary/aromatic N) is 1. The third-order valence-electron chi connectivity index (χ3n) is 2.43. The van der Waals surface area contributed by atoms with Gasteiger partial charge in [0.05, 0.1) is 0 Å². The lowest BCUT2D eigenvalue weighted by Crippen LogP contribution is -2.40. The Hall–Kier alpha value is 0.690. The maximum atomic E-state index is 12.5. The van der Waals surface area contributed by atoms with Gasteiger partial charge in [-0.05, 0) is 12.8 Å². The number of aliphatic hydroxyl groups is 1. The number of alkyl halides is 2. The third kappa shape index (κ3) is 3.88. The molecule has 0 aromatic carbocycles. The minimum atomic E-state index is -2.65. The summed E-state index contributed by atoms with van der Waals surface area (Å²) in [4.78, 5) is 0. The van der Waals surface area contributed by atoms with E-state index in [1.807, 2.05) is 0 Å². The van der Waals surface area contributed by atoms with Crippen LogP contribution in [0.4, 0.5) is 0 Å². The van der Waals surface area contributed by atoms with Crippen LogP contribution in [-0.4, -0.2) is 47.0 Å². The fourth-order valence-corrected chi connectivity index (χ4v) is 4.99. The van der Waals surface area contributed by atoms with E-state index >= 15 is 0 Å². The normalized spacial score (nSPS) is 32.1. The standard InChI is InChI=1S/C8H17Cl2N2O2P/c9-3-5-12(6-4-10)15(14)7-1-2-8(13)11-15/h8,13H,1-7H2,(H,11,14). The Morgan fingerprint density at radius 2 is 2.00 bits per heavy atom. The molecule has 0 aliphatic carbocycles. The van der Waals surface area contributed by atoms with E-state index < -0.39 is 13.7 Å². The molecule has 0 aromatic heterocycles. The van der Waals surface area contributed by atoms with Crippen molar-refractivity contribution in [1.82, 2.24) is 9.76 Å².